The van der Waals surface area contributed by atoms with Gasteiger partial charge in [0.15, 0.2) is 0 Å². The van der Waals surface area contributed by atoms with Gasteiger partial charge in [-0.3, -0.25) is 9.59 Å². The molecule has 0 spiro atoms. The fourth-order valence-electron chi connectivity index (χ4n) is 1.93. The summed E-state index contributed by atoms with van der Waals surface area (Å²) in [5.74, 6) is -2.55. The Kier molecular flexibility index (Phi) is 5.16. The van der Waals surface area contributed by atoms with E-state index in [0.717, 1.165) is 4.90 Å². The summed E-state index contributed by atoms with van der Waals surface area (Å²) in [6.07, 6.45) is -4.46. The van der Waals surface area contributed by atoms with Crippen molar-refractivity contribution in [2.75, 3.05) is 19.7 Å². The molecule has 110 valence electrons. The van der Waals surface area contributed by atoms with Gasteiger partial charge in [0.2, 0.25) is 5.91 Å². The lowest BCUT2D eigenvalue weighted by molar-refractivity contribution is -0.186. The topological polar surface area (TPSA) is 69.6 Å². The minimum atomic E-state index is -4.86. The number of hydrogen-bond acceptors (Lipinski definition) is 3. The second-order valence-corrected chi connectivity index (χ2v) is 4.66. The summed E-state index contributed by atoms with van der Waals surface area (Å²) in [5, 5.41) is 11.4. The highest BCUT2D eigenvalue weighted by atomic mass is 19.4. The SMILES string of the molecule is C[C@@H](CO)NC(=O)C1CCN(C(=O)C(F)(F)F)CC1. The number of nitrogens with zero attached hydrogens (tertiary/aromatic N) is 1. The molecule has 1 rings (SSSR count). The van der Waals surface area contributed by atoms with Crippen LogP contribution in [0.1, 0.15) is 19.8 Å². The fraction of sp³-hybridized carbons (Fsp3) is 0.818. The number of aliphatic hydroxyl groups is 1. The number of likely N-dealkylation sites (tertiary alicyclic amines) is 1. The number of aliphatic hydroxyl groups excluding tert-OH is 1. The number of rotatable bonds is 3. The zero-order chi connectivity index (χ0) is 14.6. The first-order valence-corrected chi connectivity index (χ1v) is 6.03. The second kappa shape index (κ2) is 6.23. The quantitative estimate of drug-likeness (QED) is 0.781. The molecule has 1 atom stereocenters. The lowest BCUT2D eigenvalue weighted by atomic mass is 9.95. The number of halogens is 3. The van der Waals surface area contributed by atoms with Gasteiger partial charge in [0.05, 0.1) is 6.61 Å². The normalized spacial score (nSPS) is 19.1. The lowest BCUT2D eigenvalue weighted by Crippen LogP contribution is -2.48. The molecule has 0 radical (unpaired) electrons. The van der Waals surface area contributed by atoms with Gasteiger partial charge < -0.3 is 15.3 Å². The highest BCUT2D eigenvalue weighted by Gasteiger charge is 2.43. The molecule has 8 heteroatoms. The van der Waals surface area contributed by atoms with Crippen molar-refractivity contribution in [3.63, 3.8) is 0 Å². The molecule has 1 fully saturated rings. The van der Waals surface area contributed by atoms with Gasteiger partial charge in [0.1, 0.15) is 0 Å². The van der Waals surface area contributed by atoms with E-state index in [1.807, 2.05) is 0 Å². The molecule has 0 unspecified atom stereocenters. The molecule has 5 nitrogen and oxygen atoms in total. The standard InChI is InChI=1S/C11H17F3N2O3/c1-7(6-17)15-9(18)8-2-4-16(5-3-8)10(19)11(12,13)14/h7-8,17H,2-6H2,1H3,(H,15,18)/t7-/m0/s1. The van der Waals surface area contributed by atoms with E-state index in [1.165, 1.54) is 0 Å². The number of carbonyl (C=O) groups is 2. The number of amides is 2. The molecule has 19 heavy (non-hydrogen) atoms. The molecule has 0 aromatic carbocycles. The van der Waals surface area contributed by atoms with Gasteiger partial charge in [-0.25, -0.2) is 0 Å². The summed E-state index contributed by atoms with van der Waals surface area (Å²) in [4.78, 5) is 23.4. The van der Waals surface area contributed by atoms with Crippen molar-refractivity contribution < 1.29 is 27.9 Å². The van der Waals surface area contributed by atoms with Crippen LogP contribution >= 0.6 is 0 Å². The summed E-state index contributed by atoms with van der Waals surface area (Å²) >= 11 is 0. The number of carbonyl (C=O) groups excluding carboxylic acids is 2. The third kappa shape index (κ3) is 4.38. The highest BCUT2D eigenvalue weighted by molar-refractivity contribution is 5.83. The van der Waals surface area contributed by atoms with E-state index in [9.17, 15) is 22.8 Å². The van der Waals surface area contributed by atoms with E-state index in [2.05, 4.69) is 5.32 Å². The largest absolute Gasteiger partial charge is 0.471 e. The summed E-state index contributed by atoms with van der Waals surface area (Å²) in [5.41, 5.74) is 0. The predicted octanol–water partition coefficient (Wildman–Crippen LogP) is 0.284. The Labute approximate surface area is 108 Å². The summed E-state index contributed by atoms with van der Waals surface area (Å²) in [6.45, 7) is 1.27. The maximum absolute atomic E-state index is 12.2. The Balaban J connectivity index is 2.45. The van der Waals surface area contributed by atoms with Crippen molar-refractivity contribution >= 4 is 11.8 Å². The summed E-state index contributed by atoms with van der Waals surface area (Å²) in [7, 11) is 0. The molecule has 1 saturated heterocycles. The van der Waals surface area contributed by atoms with Gasteiger partial charge >= 0.3 is 12.1 Å². The van der Waals surface area contributed by atoms with Crippen molar-refractivity contribution in [3.05, 3.63) is 0 Å². The van der Waals surface area contributed by atoms with Crippen LogP contribution in [-0.2, 0) is 9.59 Å². The Morgan fingerprint density at radius 3 is 2.32 bits per heavy atom. The molecule has 1 aliphatic rings. The number of alkyl halides is 3. The molecule has 0 aromatic heterocycles. The van der Waals surface area contributed by atoms with Crippen LogP contribution in [0.5, 0.6) is 0 Å². The summed E-state index contributed by atoms with van der Waals surface area (Å²) in [6, 6.07) is -0.387. The van der Waals surface area contributed by atoms with Gasteiger partial charge in [0.25, 0.3) is 0 Å². The van der Waals surface area contributed by atoms with Crippen LogP contribution in [0.2, 0.25) is 0 Å². The summed E-state index contributed by atoms with van der Waals surface area (Å²) < 4.78 is 36.6. The van der Waals surface area contributed by atoms with Gasteiger partial charge in [-0.2, -0.15) is 13.2 Å². The zero-order valence-corrected chi connectivity index (χ0v) is 10.5. The first-order valence-electron chi connectivity index (χ1n) is 6.03. The third-order valence-corrected chi connectivity index (χ3v) is 3.06. The van der Waals surface area contributed by atoms with Crippen LogP contribution in [0, 0.1) is 5.92 Å². The second-order valence-electron chi connectivity index (χ2n) is 4.66. The molecule has 2 amide bonds. The first kappa shape index (κ1) is 15.7. The lowest BCUT2D eigenvalue weighted by Gasteiger charge is -2.32. The molecule has 1 aliphatic heterocycles. The van der Waals surface area contributed by atoms with Crippen LogP contribution < -0.4 is 5.32 Å². The predicted molar refractivity (Wildman–Crippen MR) is 60.0 cm³/mol. The van der Waals surface area contributed by atoms with E-state index in [1.54, 1.807) is 6.92 Å². The van der Waals surface area contributed by atoms with Crippen LogP contribution in [0.15, 0.2) is 0 Å². The highest BCUT2D eigenvalue weighted by Crippen LogP contribution is 2.23. The maximum Gasteiger partial charge on any atom is 0.471 e. The molecular formula is C11H17F3N2O3. The molecule has 0 aromatic rings. The van der Waals surface area contributed by atoms with Crippen LogP contribution in [0.25, 0.3) is 0 Å². The number of piperidine rings is 1. The number of nitrogens with one attached hydrogen (secondary N) is 1. The van der Waals surface area contributed by atoms with Crippen molar-refractivity contribution in [2.45, 2.75) is 32.0 Å². The van der Waals surface area contributed by atoms with Gasteiger partial charge in [-0.15, -0.1) is 0 Å². The fourth-order valence-corrected chi connectivity index (χ4v) is 1.93. The molecule has 1 heterocycles. The molecule has 0 aliphatic carbocycles. The number of hydrogen-bond donors (Lipinski definition) is 2. The van der Waals surface area contributed by atoms with Gasteiger partial charge in [-0.1, -0.05) is 0 Å². The smallest absolute Gasteiger partial charge is 0.394 e. The van der Waals surface area contributed by atoms with E-state index in [0.29, 0.717) is 0 Å². The van der Waals surface area contributed by atoms with E-state index >= 15 is 0 Å². The van der Waals surface area contributed by atoms with Crippen LogP contribution in [0.3, 0.4) is 0 Å². The Morgan fingerprint density at radius 1 is 1.37 bits per heavy atom. The third-order valence-electron chi connectivity index (χ3n) is 3.06. The zero-order valence-electron chi connectivity index (χ0n) is 10.5. The van der Waals surface area contributed by atoms with E-state index < -0.39 is 18.0 Å². The minimum absolute atomic E-state index is 0.0794. The van der Waals surface area contributed by atoms with Crippen molar-refractivity contribution in [1.82, 2.24) is 10.2 Å². The van der Waals surface area contributed by atoms with E-state index in [-0.39, 0.29) is 44.5 Å². The van der Waals surface area contributed by atoms with Crippen molar-refractivity contribution in [3.8, 4) is 0 Å². The Morgan fingerprint density at radius 2 is 1.89 bits per heavy atom. The average molecular weight is 282 g/mol. The van der Waals surface area contributed by atoms with Crippen molar-refractivity contribution in [2.24, 2.45) is 5.92 Å². The van der Waals surface area contributed by atoms with E-state index in [4.69, 9.17) is 5.11 Å². The minimum Gasteiger partial charge on any atom is -0.394 e. The molecule has 2 N–H and O–H groups in total. The van der Waals surface area contributed by atoms with Crippen LogP contribution in [-0.4, -0.2) is 53.7 Å². The maximum atomic E-state index is 12.2. The van der Waals surface area contributed by atoms with Gasteiger partial charge in [0, 0.05) is 25.0 Å². The first-order chi connectivity index (χ1) is 8.75. The van der Waals surface area contributed by atoms with Crippen LogP contribution in [0.4, 0.5) is 13.2 Å². The monoisotopic (exact) mass is 282 g/mol. The van der Waals surface area contributed by atoms with Gasteiger partial charge in [-0.05, 0) is 19.8 Å². The van der Waals surface area contributed by atoms with Crippen molar-refractivity contribution in [1.29, 1.82) is 0 Å². The molecule has 0 saturated carbocycles. The molecule has 0 bridgehead atoms. The molecular weight excluding hydrogens is 265 g/mol. The average Bonchev–Trinajstić information content (AvgIpc) is 2.36. The Hall–Kier alpha value is -1.31. The Bertz CT molecular complexity index is 339.